The van der Waals surface area contributed by atoms with Gasteiger partial charge < -0.3 is 10.1 Å². The van der Waals surface area contributed by atoms with Gasteiger partial charge in [0.25, 0.3) is 5.69 Å². The number of benzene rings is 1. The minimum absolute atomic E-state index is 0.0351. The molecule has 112 valence electrons. The molecule has 0 aliphatic heterocycles. The first-order chi connectivity index (χ1) is 10.1. The van der Waals surface area contributed by atoms with E-state index in [2.05, 4.69) is 20.7 Å². The summed E-state index contributed by atoms with van der Waals surface area (Å²) in [7, 11) is 1.67. The van der Waals surface area contributed by atoms with E-state index in [-0.39, 0.29) is 12.3 Å². The molecular formula is C12H16N6O3. The van der Waals surface area contributed by atoms with Gasteiger partial charge in [-0.3, -0.25) is 10.1 Å². The highest BCUT2D eigenvalue weighted by Crippen LogP contribution is 2.24. The molecule has 0 atom stereocenters. The maximum atomic E-state index is 10.8. The van der Waals surface area contributed by atoms with Crippen LogP contribution in [0.1, 0.15) is 18.3 Å². The summed E-state index contributed by atoms with van der Waals surface area (Å²) in [5.74, 6) is 1.01. The zero-order valence-electron chi connectivity index (χ0n) is 11.8. The lowest BCUT2D eigenvalue weighted by atomic mass is 10.1. The van der Waals surface area contributed by atoms with Crippen molar-refractivity contribution in [2.24, 2.45) is 7.05 Å². The fraction of sp³-hybridized carbons (Fsp3) is 0.417. The SMILES string of the molecule is CCNCc1cc([N+](=O)[O-])ccc1OCc1nnn(C)n1. The van der Waals surface area contributed by atoms with Crippen LogP contribution in [0.15, 0.2) is 18.2 Å². The molecule has 0 spiro atoms. The normalized spacial score (nSPS) is 10.6. The maximum Gasteiger partial charge on any atom is 0.270 e. The molecule has 9 heteroatoms. The minimum atomic E-state index is -0.427. The van der Waals surface area contributed by atoms with Crippen LogP contribution in [-0.2, 0) is 20.2 Å². The topological polar surface area (TPSA) is 108 Å². The Morgan fingerprint density at radius 3 is 2.90 bits per heavy atom. The molecule has 0 saturated carbocycles. The van der Waals surface area contributed by atoms with Gasteiger partial charge in [-0.25, -0.2) is 0 Å². The Bertz CT molecular complexity index is 627. The third-order valence-corrected chi connectivity index (χ3v) is 2.73. The highest BCUT2D eigenvalue weighted by Gasteiger charge is 2.12. The molecule has 0 aliphatic carbocycles. The summed E-state index contributed by atoms with van der Waals surface area (Å²) >= 11 is 0. The van der Waals surface area contributed by atoms with Crippen molar-refractivity contribution in [2.45, 2.75) is 20.1 Å². The molecule has 0 saturated heterocycles. The lowest BCUT2D eigenvalue weighted by molar-refractivity contribution is -0.384. The van der Waals surface area contributed by atoms with Crippen molar-refractivity contribution in [3.05, 3.63) is 39.7 Å². The van der Waals surface area contributed by atoms with Crippen molar-refractivity contribution in [2.75, 3.05) is 6.54 Å². The number of ether oxygens (including phenoxy) is 1. The van der Waals surface area contributed by atoms with Crippen molar-refractivity contribution in [1.29, 1.82) is 0 Å². The van der Waals surface area contributed by atoms with Crippen molar-refractivity contribution in [3.8, 4) is 5.75 Å². The first-order valence-corrected chi connectivity index (χ1v) is 6.44. The minimum Gasteiger partial charge on any atom is -0.485 e. The number of nitro groups is 1. The lowest BCUT2D eigenvalue weighted by Gasteiger charge is -2.10. The van der Waals surface area contributed by atoms with E-state index in [9.17, 15) is 10.1 Å². The monoisotopic (exact) mass is 292 g/mol. The average molecular weight is 292 g/mol. The maximum absolute atomic E-state index is 10.8. The van der Waals surface area contributed by atoms with Crippen LogP contribution in [0, 0.1) is 10.1 Å². The lowest BCUT2D eigenvalue weighted by Crippen LogP contribution is -2.13. The van der Waals surface area contributed by atoms with Crippen LogP contribution in [0.25, 0.3) is 0 Å². The van der Waals surface area contributed by atoms with E-state index < -0.39 is 4.92 Å². The fourth-order valence-electron chi connectivity index (χ4n) is 1.74. The second-order valence-electron chi connectivity index (χ2n) is 4.31. The predicted octanol–water partition coefficient (Wildman–Crippen LogP) is 0.807. The molecule has 1 heterocycles. The van der Waals surface area contributed by atoms with Crippen LogP contribution in [0.5, 0.6) is 5.75 Å². The number of nitrogens with zero attached hydrogens (tertiary/aromatic N) is 5. The first kappa shape index (κ1) is 14.9. The van der Waals surface area contributed by atoms with Gasteiger partial charge in [-0.1, -0.05) is 6.92 Å². The van der Waals surface area contributed by atoms with Gasteiger partial charge >= 0.3 is 0 Å². The van der Waals surface area contributed by atoms with Crippen LogP contribution < -0.4 is 10.1 Å². The summed E-state index contributed by atoms with van der Waals surface area (Å²) in [6.45, 7) is 3.36. The Kier molecular flexibility index (Phi) is 4.77. The summed E-state index contributed by atoms with van der Waals surface area (Å²) in [5.41, 5.74) is 0.753. The van der Waals surface area contributed by atoms with Crippen LogP contribution in [0.2, 0.25) is 0 Å². The van der Waals surface area contributed by atoms with Gasteiger partial charge in [0, 0.05) is 24.2 Å². The number of nitro benzene ring substituents is 1. The number of hydrogen-bond acceptors (Lipinski definition) is 7. The molecule has 0 unspecified atom stereocenters. The second-order valence-corrected chi connectivity index (χ2v) is 4.31. The van der Waals surface area contributed by atoms with Crippen molar-refractivity contribution < 1.29 is 9.66 Å². The highest BCUT2D eigenvalue weighted by atomic mass is 16.6. The van der Waals surface area contributed by atoms with Crippen LogP contribution in [0.3, 0.4) is 0 Å². The molecule has 0 fully saturated rings. The molecule has 2 aromatic rings. The van der Waals surface area contributed by atoms with Crippen molar-refractivity contribution >= 4 is 5.69 Å². The zero-order chi connectivity index (χ0) is 15.2. The van der Waals surface area contributed by atoms with Gasteiger partial charge in [-0.2, -0.15) is 4.80 Å². The number of rotatable bonds is 7. The van der Waals surface area contributed by atoms with E-state index in [0.29, 0.717) is 18.1 Å². The number of nitrogens with one attached hydrogen (secondary N) is 1. The largest absolute Gasteiger partial charge is 0.485 e. The number of tetrazole rings is 1. The molecule has 1 N–H and O–H groups in total. The standard InChI is InChI=1S/C12H16N6O3/c1-3-13-7-9-6-10(18(19)20)4-5-11(9)21-8-12-14-16-17(2)15-12/h4-6,13H,3,7-8H2,1-2H3. The molecule has 2 rings (SSSR count). The van der Waals surface area contributed by atoms with Crippen LogP contribution in [0.4, 0.5) is 5.69 Å². The second kappa shape index (κ2) is 6.75. The third kappa shape index (κ3) is 3.96. The van der Waals surface area contributed by atoms with E-state index in [1.807, 2.05) is 6.92 Å². The van der Waals surface area contributed by atoms with Gasteiger partial charge in [0.05, 0.1) is 12.0 Å². The summed E-state index contributed by atoms with van der Waals surface area (Å²) in [6, 6.07) is 4.50. The number of aromatic nitrogens is 4. The van der Waals surface area contributed by atoms with E-state index in [1.54, 1.807) is 13.1 Å². The molecule has 0 aliphatic rings. The Balaban J connectivity index is 2.14. The highest BCUT2D eigenvalue weighted by molar-refractivity contribution is 5.43. The van der Waals surface area contributed by atoms with E-state index in [0.717, 1.165) is 12.1 Å². The van der Waals surface area contributed by atoms with Crippen molar-refractivity contribution in [3.63, 3.8) is 0 Å². The summed E-state index contributed by atoms with van der Waals surface area (Å²) in [4.78, 5) is 11.7. The molecule has 21 heavy (non-hydrogen) atoms. The number of aryl methyl sites for hydroxylation is 1. The average Bonchev–Trinajstić information content (AvgIpc) is 2.88. The smallest absolute Gasteiger partial charge is 0.270 e. The summed E-state index contributed by atoms with van der Waals surface area (Å²) in [5, 5.41) is 25.5. The molecular weight excluding hydrogens is 276 g/mol. The summed E-state index contributed by atoms with van der Waals surface area (Å²) in [6.07, 6.45) is 0. The van der Waals surface area contributed by atoms with Crippen LogP contribution >= 0.6 is 0 Å². The Hall–Kier alpha value is -2.55. The molecule has 0 radical (unpaired) electrons. The summed E-state index contributed by atoms with van der Waals surface area (Å²) < 4.78 is 5.63. The first-order valence-electron chi connectivity index (χ1n) is 6.44. The van der Waals surface area contributed by atoms with E-state index in [4.69, 9.17) is 4.74 Å². The number of hydrogen-bond donors (Lipinski definition) is 1. The van der Waals surface area contributed by atoms with Gasteiger partial charge in [-0.05, 0) is 17.8 Å². The third-order valence-electron chi connectivity index (χ3n) is 2.73. The molecule has 9 nitrogen and oxygen atoms in total. The Morgan fingerprint density at radius 1 is 1.48 bits per heavy atom. The molecule has 0 amide bonds. The molecule has 1 aromatic carbocycles. The Morgan fingerprint density at radius 2 is 2.29 bits per heavy atom. The van der Waals surface area contributed by atoms with Gasteiger partial charge in [-0.15, -0.1) is 10.2 Å². The predicted molar refractivity (Wildman–Crippen MR) is 73.6 cm³/mol. The Labute approximate surface area is 121 Å². The molecule has 1 aromatic heterocycles. The fourth-order valence-corrected chi connectivity index (χ4v) is 1.74. The van der Waals surface area contributed by atoms with E-state index >= 15 is 0 Å². The number of non-ortho nitro benzene ring substituents is 1. The van der Waals surface area contributed by atoms with Crippen LogP contribution in [-0.4, -0.2) is 31.7 Å². The van der Waals surface area contributed by atoms with Gasteiger partial charge in [0.1, 0.15) is 5.75 Å². The van der Waals surface area contributed by atoms with Gasteiger partial charge in [0.15, 0.2) is 6.61 Å². The van der Waals surface area contributed by atoms with Gasteiger partial charge in [0.2, 0.25) is 5.82 Å². The van der Waals surface area contributed by atoms with Crippen molar-refractivity contribution in [1.82, 2.24) is 25.5 Å². The zero-order valence-corrected chi connectivity index (χ0v) is 11.8. The van der Waals surface area contributed by atoms with E-state index in [1.165, 1.54) is 16.9 Å². The quantitative estimate of drug-likeness (QED) is 0.594. The molecule has 0 bridgehead atoms.